The summed E-state index contributed by atoms with van der Waals surface area (Å²) in [5, 5.41) is 6.12. The average molecular weight is 252 g/mol. The zero-order chi connectivity index (χ0) is 12.6. The summed E-state index contributed by atoms with van der Waals surface area (Å²) < 4.78 is 10.5. The first-order valence-corrected chi connectivity index (χ1v) is 6.45. The Kier molecular flexibility index (Phi) is 5.23. The fourth-order valence-corrected chi connectivity index (χ4v) is 1.99. The zero-order valence-electron chi connectivity index (χ0n) is 10.5. The normalized spacial score (nSPS) is 16.7. The molecule has 1 aromatic heterocycles. The largest absolute Gasteiger partial charge is 0.469 e. The van der Waals surface area contributed by atoms with E-state index < -0.39 is 0 Å². The summed E-state index contributed by atoms with van der Waals surface area (Å²) in [5.74, 6) is 0.994. The van der Waals surface area contributed by atoms with Gasteiger partial charge in [-0.05, 0) is 25.0 Å². The second-order valence-corrected chi connectivity index (χ2v) is 4.46. The minimum atomic E-state index is 0.0568. The highest BCUT2D eigenvalue weighted by Gasteiger charge is 2.15. The van der Waals surface area contributed by atoms with Crippen LogP contribution in [0, 0.1) is 0 Å². The van der Waals surface area contributed by atoms with Crippen LogP contribution in [0.5, 0.6) is 0 Å². The van der Waals surface area contributed by atoms with E-state index in [-0.39, 0.29) is 11.9 Å². The van der Waals surface area contributed by atoms with Crippen molar-refractivity contribution in [3.8, 4) is 0 Å². The molecule has 1 aromatic rings. The van der Waals surface area contributed by atoms with E-state index in [4.69, 9.17) is 9.15 Å². The van der Waals surface area contributed by atoms with E-state index >= 15 is 0 Å². The Morgan fingerprint density at radius 2 is 2.22 bits per heavy atom. The van der Waals surface area contributed by atoms with Crippen molar-refractivity contribution in [1.82, 2.24) is 10.6 Å². The van der Waals surface area contributed by atoms with Gasteiger partial charge in [0, 0.05) is 32.2 Å². The Morgan fingerprint density at radius 1 is 1.39 bits per heavy atom. The molecular formula is C13H20N2O3. The molecule has 1 aliphatic heterocycles. The van der Waals surface area contributed by atoms with Crippen molar-refractivity contribution < 1.29 is 13.9 Å². The van der Waals surface area contributed by atoms with E-state index in [0.717, 1.165) is 44.8 Å². The molecule has 1 aliphatic rings. The van der Waals surface area contributed by atoms with Crippen LogP contribution in [0.25, 0.3) is 0 Å². The lowest BCUT2D eigenvalue weighted by molar-refractivity contribution is -0.121. The second-order valence-electron chi connectivity index (χ2n) is 4.46. The fourth-order valence-electron chi connectivity index (χ4n) is 1.99. The number of amides is 1. The van der Waals surface area contributed by atoms with Gasteiger partial charge < -0.3 is 19.8 Å². The third-order valence-electron chi connectivity index (χ3n) is 3.00. The lowest BCUT2D eigenvalue weighted by Crippen LogP contribution is -2.43. The van der Waals surface area contributed by atoms with Gasteiger partial charge in [-0.15, -0.1) is 0 Å². The third-order valence-corrected chi connectivity index (χ3v) is 3.00. The quantitative estimate of drug-likeness (QED) is 0.732. The maximum absolute atomic E-state index is 11.6. The van der Waals surface area contributed by atoms with Crippen LogP contribution in [0.1, 0.15) is 18.6 Å². The average Bonchev–Trinajstić information content (AvgIpc) is 2.89. The Hall–Kier alpha value is -1.33. The molecule has 0 saturated carbocycles. The van der Waals surface area contributed by atoms with E-state index in [2.05, 4.69) is 10.6 Å². The summed E-state index contributed by atoms with van der Waals surface area (Å²) >= 11 is 0. The van der Waals surface area contributed by atoms with Crippen LogP contribution in [-0.2, 0) is 16.0 Å². The van der Waals surface area contributed by atoms with Crippen LogP contribution in [0.2, 0.25) is 0 Å². The highest BCUT2D eigenvalue weighted by molar-refractivity contribution is 5.78. The summed E-state index contributed by atoms with van der Waals surface area (Å²) in [4.78, 5) is 11.6. The number of carbonyl (C=O) groups excluding carboxylic acids is 1. The molecule has 0 atom stereocenters. The van der Waals surface area contributed by atoms with Crippen molar-refractivity contribution in [2.45, 2.75) is 25.3 Å². The Balaban J connectivity index is 1.54. The maximum Gasteiger partial charge on any atom is 0.234 e. The Labute approximate surface area is 107 Å². The minimum absolute atomic E-state index is 0.0568. The number of nitrogens with one attached hydrogen (secondary N) is 2. The summed E-state index contributed by atoms with van der Waals surface area (Å²) in [5.41, 5.74) is 0. The SMILES string of the molecule is O=C(CNCCc1ccco1)NC1CCOCC1. The van der Waals surface area contributed by atoms with Crippen LogP contribution in [0.15, 0.2) is 22.8 Å². The molecule has 5 heteroatoms. The van der Waals surface area contributed by atoms with Crippen LogP contribution >= 0.6 is 0 Å². The Morgan fingerprint density at radius 3 is 2.94 bits per heavy atom. The van der Waals surface area contributed by atoms with Gasteiger partial charge in [0.1, 0.15) is 5.76 Å². The molecule has 0 unspecified atom stereocenters. The molecule has 2 heterocycles. The van der Waals surface area contributed by atoms with Crippen LogP contribution in [0.3, 0.4) is 0 Å². The summed E-state index contributed by atoms with van der Waals surface area (Å²) in [6.07, 6.45) is 4.29. The van der Waals surface area contributed by atoms with Gasteiger partial charge in [0.25, 0.3) is 0 Å². The molecule has 18 heavy (non-hydrogen) atoms. The highest BCUT2D eigenvalue weighted by Crippen LogP contribution is 2.05. The molecule has 1 saturated heterocycles. The van der Waals surface area contributed by atoms with Crippen molar-refractivity contribution in [3.05, 3.63) is 24.2 Å². The molecule has 0 aromatic carbocycles. The van der Waals surface area contributed by atoms with Gasteiger partial charge in [0.15, 0.2) is 0 Å². The molecule has 0 spiro atoms. The minimum Gasteiger partial charge on any atom is -0.469 e. The third kappa shape index (κ3) is 4.50. The predicted octanol–water partition coefficient (Wildman–Crippen LogP) is 0.707. The molecular weight excluding hydrogens is 232 g/mol. The summed E-state index contributed by atoms with van der Waals surface area (Å²) in [6, 6.07) is 4.08. The lowest BCUT2D eigenvalue weighted by atomic mass is 10.1. The first-order chi connectivity index (χ1) is 8.84. The van der Waals surface area contributed by atoms with Gasteiger partial charge in [0.05, 0.1) is 12.8 Å². The smallest absolute Gasteiger partial charge is 0.234 e. The molecule has 2 N–H and O–H groups in total. The standard InChI is InChI=1S/C13H20N2O3/c16-13(15-11-4-8-17-9-5-11)10-14-6-3-12-2-1-7-18-12/h1-2,7,11,14H,3-6,8-10H2,(H,15,16). The van der Waals surface area contributed by atoms with Crippen molar-refractivity contribution in [2.75, 3.05) is 26.3 Å². The number of hydrogen-bond donors (Lipinski definition) is 2. The first kappa shape index (κ1) is 13.1. The number of carbonyl (C=O) groups is 1. The first-order valence-electron chi connectivity index (χ1n) is 6.45. The fraction of sp³-hybridized carbons (Fsp3) is 0.615. The van der Waals surface area contributed by atoms with Gasteiger partial charge in [-0.25, -0.2) is 0 Å². The summed E-state index contributed by atoms with van der Waals surface area (Å²) in [7, 11) is 0. The molecule has 100 valence electrons. The van der Waals surface area contributed by atoms with Crippen molar-refractivity contribution >= 4 is 5.91 Å². The number of rotatable bonds is 6. The van der Waals surface area contributed by atoms with Gasteiger partial charge in [-0.3, -0.25) is 4.79 Å². The molecule has 1 fully saturated rings. The molecule has 5 nitrogen and oxygen atoms in total. The van der Waals surface area contributed by atoms with E-state index in [1.165, 1.54) is 0 Å². The van der Waals surface area contributed by atoms with Crippen LogP contribution in [-0.4, -0.2) is 38.3 Å². The van der Waals surface area contributed by atoms with Crippen molar-refractivity contribution in [3.63, 3.8) is 0 Å². The van der Waals surface area contributed by atoms with Gasteiger partial charge >= 0.3 is 0 Å². The Bertz CT molecular complexity index is 345. The monoisotopic (exact) mass is 252 g/mol. The van der Waals surface area contributed by atoms with E-state index in [0.29, 0.717) is 6.54 Å². The summed E-state index contributed by atoms with van der Waals surface area (Å²) in [6.45, 7) is 2.60. The highest BCUT2D eigenvalue weighted by atomic mass is 16.5. The second kappa shape index (κ2) is 7.18. The van der Waals surface area contributed by atoms with Crippen LogP contribution < -0.4 is 10.6 Å². The number of furan rings is 1. The van der Waals surface area contributed by atoms with E-state index in [9.17, 15) is 4.79 Å². The van der Waals surface area contributed by atoms with Crippen molar-refractivity contribution in [1.29, 1.82) is 0 Å². The van der Waals surface area contributed by atoms with Crippen LogP contribution in [0.4, 0.5) is 0 Å². The topological polar surface area (TPSA) is 63.5 Å². The molecule has 2 rings (SSSR count). The zero-order valence-corrected chi connectivity index (χ0v) is 10.5. The van der Waals surface area contributed by atoms with Gasteiger partial charge in [0.2, 0.25) is 5.91 Å². The molecule has 0 radical (unpaired) electrons. The van der Waals surface area contributed by atoms with E-state index in [1.54, 1.807) is 6.26 Å². The van der Waals surface area contributed by atoms with Gasteiger partial charge in [-0.1, -0.05) is 0 Å². The molecule has 1 amide bonds. The number of ether oxygens (including phenoxy) is 1. The number of hydrogen-bond acceptors (Lipinski definition) is 4. The molecule has 0 aliphatic carbocycles. The van der Waals surface area contributed by atoms with Gasteiger partial charge in [-0.2, -0.15) is 0 Å². The maximum atomic E-state index is 11.6. The van der Waals surface area contributed by atoms with Crippen molar-refractivity contribution in [2.24, 2.45) is 0 Å². The predicted molar refractivity (Wildman–Crippen MR) is 67.3 cm³/mol. The van der Waals surface area contributed by atoms with E-state index in [1.807, 2.05) is 12.1 Å². The lowest BCUT2D eigenvalue weighted by Gasteiger charge is -2.23. The molecule has 0 bridgehead atoms.